The number of nitrogens with zero attached hydrogens (tertiary/aromatic N) is 1. The summed E-state index contributed by atoms with van der Waals surface area (Å²) in [4.78, 5) is 10.9. The SMILES string of the molecule is Cc1c(C)n(CCC(F)(F)F)c2ccc(C(=O)O)cc12. The van der Waals surface area contributed by atoms with Crippen molar-refractivity contribution in [3.05, 3.63) is 35.0 Å². The molecule has 1 aromatic carbocycles. The summed E-state index contributed by atoms with van der Waals surface area (Å²) in [5, 5.41) is 9.65. The molecule has 6 heteroatoms. The lowest BCUT2D eigenvalue weighted by molar-refractivity contribution is -0.136. The van der Waals surface area contributed by atoms with Crippen LogP contribution in [0, 0.1) is 13.8 Å². The fraction of sp³-hybridized carbons (Fsp3) is 0.357. The lowest BCUT2D eigenvalue weighted by Crippen LogP contribution is -2.13. The molecule has 20 heavy (non-hydrogen) atoms. The zero-order chi connectivity index (χ0) is 15.1. The standard InChI is InChI=1S/C14H14F3NO2/c1-8-9(2)18(6-5-14(15,16)17)12-4-3-10(13(19)20)7-11(8)12/h3-4,7H,5-6H2,1-2H3,(H,19,20). The molecule has 0 amide bonds. The first-order valence-electron chi connectivity index (χ1n) is 6.10. The van der Waals surface area contributed by atoms with E-state index in [0.29, 0.717) is 10.9 Å². The van der Waals surface area contributed by atoms with Crippen molar-refractivity contribution in [2.45, 2.75) is 33.0 Å². The number of carbonyl (C=O) groups is 1. The van der Waals surface area contributed by atoms with Crippen molar-refractivity contribution >= 4 is 16.9 Å². The number of halogens is 3. The molecule has 0 aliphatic rings. The Morgan fingerprint density at radius 3 is 2.50 bits per heavy atom. The molecule has 1 aromatic heterocycles. The van der Waals surface area contributed by atoms with E-state index < -0.39 is 18.6 Å². The van der Waals surface area contributed by atoms with Crippen molar-refractivity contribution in [2.24, 2.45) is 0 Å². The lowest BCUT2D eigenvalue weighted by atomic mass is 10.1. The van der Waals surface area contributed by atoms with Crippen molar-refractivity contribution in [1.29, 1.82) is 0 Å². The van der Waals surface area contributed by atoms with Gasteiger partial charge in [0, 0.05) is 23.1 Å². The zero-order valence-corrected chi connectivity index (χ0v) is 11.1. The van der Waals surface area contributed by atoms with Crippen LogP contribution in [0.15, 0.2) is 18.2 Å². The fourth-order valence-electron chi connectivity index (χ4n) is 2.31. The Morgan fingerprint density at radius 2 is 1.95 bits per heavy atom. The number of aryl methyl sites for hydroxylation is 2. The van der Waals surface area contributed by atoms with Crippen LogP contribution in [-0.4, -0.2) is 21.8 Å². The summed E-state index contributed by atoms with van der Waals surface area (Å²) in [6.07, 6.45) is -5.12. The molecule has 0 saturated heterocycles. The van der Waals surface area contributed by atoms with Gasteiger partial charge in [-0.05, 0) is 37.6 Å². The van der Waals surface area contributed by atoms with Gasteiger partial charge in [0.05, 0.1) is 12.0 Å². The van der Waals surface area contributed by atoms with Crippen molar-refractivity contribution in [1.82, 2.24) is 4.57 Å². The van der Waals surface area contributed by atoms with Crippen LogP contribution < -0.4 is 0 Å². The average molecular weight is 285 g/mol. The molecule has 0 fully saturated rings. The molecule has 0 spiro atoms. The minimum Gasteiger partial charge on any atom is -0.478 e. The highest BCUT2D eigenvalue weighted by Crippen LogP contribution is 2.28. The molecule has 3 nitrogen and oxygen atoms in total. The quantitative estimate of drug-likeness (QED) is 0.929. The largest absolute Gasteiger partial charge is 0.478 e. The van der Waals surface area contributed by atoms with Gasteiger partial charge in [-0.15, -0.1) is 0 Å². The molecule has 0 unspecified atom stereocenters. The van der Waals surface area contributed by atoms with Gasteiger partial charge in [0.15, 0.2) is 0 Å². The average Bonchev–Trinajstić information content (AvgIpc) is 2.58. The van der Waals surface area contributed by atoms with E-state index in [9.17, 15) is 18.0 Å². The van der Waals surface area contributed by atoms with Crippen LogP contribution in [0.2, 0.25) is 0 Å². The van der Waals surface area contributed by atoms with E-state index in [1.807, 2.05) is 0 Å². The van der Waals surface area contributed by atoms with Crippen LogP contribution in [-0.2, 0) is 6.54 Å². The highest BCUT2D eigenvalue weighted by atomic mass is 19.4. The maximum Gasteiger partial charge on any atom is 0.390 e. The van der Waals surface area contributed by atoms with Gasteiger partial charge in [-0.2, -0.15) is 13.2 Å². The molecule has 1 N–H and O–H groups in total. The predicted molar refractivity (Wildman–Crippen MR) is 69.0 cm³/mol. The first-order chi connectivity index (χ1) is 9.20. The Labute approximate surface area is 113 Å². The first kappa shape index (κ1) is 14.4. The third-order valence-corrected chi connectivity index (χ3v) is 3.50. The van der Waals surface area contributed by atoms with E-state index in [1.165, 1.54) is 12.1 Å². The van der Waals surface area contributed by atoms with Gasteiger partial charge in [-0.1, -0.05) is 0 Å². The molecule has 0 radical (unpaired) electrons. The third-order valence-electron chi connectivity index (χ3n) is 3.50. The van der Waals surface area contributed by atoms with Gasteiger partial charge >= 0.3 is 12.1 Å². The molecule has 2 aromatic rings. The Morgan fingerprint density at radius 1 is 1.30 bits per heavy atom. The van der Waals surface area contributed by atoms with Gasteiger partial charge < -0.3 is 9.67 Å². The molecule has 1 heterocycles. The zero-order valence-electron chi connectivity index (χ0n) is 11.1. The second-order valence-electron chi connectivity index (χ2n) is 4.76. The molecule has 0 aliphatic heterocycles. The van der Waals surface area contributed by atoms with Gasteiger partial charge in [0.1, 0.15) is 0 Å². The second-order valence-corrected chi connectivity index (χ2v) is 4.76. The summed E-state index contributed by atoms with van der Waals surface area (Å²) in [7, 11) is 0. The molecule has 0 aliphatic carbocycles. The van der Waals surface area contributed by atoms with E-state index in [2.05, 4.69) is 0 Å². The minimum absolute atomic E-state index is 0.133. The predicted octanol–water partition coefficient (Wildman–Crippen LogP) is 3.91. The molecule has 0 saturated carbocycles. The number of fused-ring (bicyclic) bond motifs is 1. The van der Waals surface area contributed by atoms with Gasteiger partial charge in [0.2, 0.25) is 0 Å². The number of alkyl halides is 3. The number of carboxylic acid groups (broad SMARTS) is 1. The highest BCUT2D eigenvalue weighted by molar-refractivity contribution is 5.95. The number of hydrogen-bond donors (Lipinski definition) is 1. The molecule has 0 bridgehead atoms. The van der Waals surface area contributed by atoms with E-state index in [-0.39, 0.29) is 12.1 Å². The molecule has 2 rings (SSSR count). The van der Waals surface area contributed by atoms with Crippen molar-refractivity contribution in [3.63, 3.8) is 0 Å². The van der Waals surface area contributed by atoms with E-state index in [1.54, 1.807) is 24.5 Å². The van der Waals surface area contributed by atoms with Crippen molar-refractivity contribution < 1.29 is 23.1 Å². The smallest absolute Gasteiger partial charge is 0.390 e. The van der Waals surface area contributed by atoms with Crippen LogP contribution >= 0.6 is 0 Å². The second kappa shape index (κ2) is 4.85. The highest BCUT2D eigenvalue weighted by Gasteiger charge is 2.27. The van der Waals surface area contributed by atoms with E-state index >= 15 is 0 Å². The van der Waals surface area contributed by atoms with Crippen molar-refractivity contribution in [2.75, 3.05) is 0 Å². The summed E-state index contributed by atoms with van der Waals surface area (Å²) in [6, 6.07) is 4.48. The maximum absolute atomic E-state index is 12.4. The topological polar surface area (TPSA) is 42.2 Å². The summed E-state index contributed by atoms with van der Waals surface area (Å²) >= 11 is 0. The molecule has 0 atom stereocenters. The van der Waals surface area contributed by atoms with Crippen LogP contribution in [0.3, 0.4) is 0 Å². The van der Waals surface area contributed by atoms with Gasteiger partial charge in [-0.25, -0.2) is 4.79 Å². The molecule has 108 valence electrons. The van der Waals surface area contributed by atoms with Crippen molar-refractivity contribution in [3.8, 4) is 0 Å². The summed E-state index contributed by atoms with van der Waals surface area (Å²) in [6.45, 7) is 3.37. The number of carboxylic acids is 1. The minimum atomic E-state index is -4.21. The summed E-state index contributed by atoms with van der Waals surface area (Å²) in [5.41, 5.74) is 2.31. The Balaban J connectivity index is 2.50. The molecular formula is C14H14F3NO2. The monoisotopic (exact) mass is 285 g/mol. The Hall–Kier alpha value is -1.98. The Bertz CT molecular complexity index is 671. The molecular weight excluding hydrogens is 271 g/mol. The van der Waals surface area contributed by atoms with Crippen LogP contribution in [0.4, 0.5) is 13.2 Å². The number of hydrogen-bond acceptors (Lipinski definition) is 1. The van der Waals surface area contributed by atoms with E-state index in [0.717, 1.165) is 11.3 Å². The lowest BCUT2D eigenvalue weighted by Gasteiger charge is -2.10. The van der Waals surface area contributed by atoms with Crippen LogP contribution in [0.5, 0.6) is 0 Å². The van der Waals surface area contributed by atoms with Gasteiger partial charge in [-0.3, -0.25) is 0 Å². The van der Waals surface area contributed by atoms with Gasteiger partial charge in [0.25, 0.3) is 0 Å². The van der Waals surface area contributed by atoms with Crippen LogP contribution in [0.25, 0.3) is 10.9 Å². The number of aromatic nitrogens is 1. The maximum atomic E-state index is 12.4. The first-order valence-corrected chi connectivity index (χ1v) is 6.10. The van der Waals surface area contributed by atoms with Crippen LogP contribution in [0.1, 0.15) is 28.0 Å². The fourth-order valence-corrected chi connectivity index (χ4v) is 2.31. The normalized spacial score (nSPS) is 12.1. The third kappa shape index (κ3) is 2.64. The number of rotatable bonds is 3. The Kier molecular flexibility index (Phi) is 3.50. The number of benzene rings is 1. The summed E-state index contributed by atoms with van der Waals surface area (Å²) < 4.78 is 38.7. The van der Waals surface area contributed by atoms with E-state index in [4.69, 9.17) is 5.11 Å². The number of aromatic carboxylic acids is 1. The summed E-state index contributed by atoms with van der Waals surface area (Å²) in [5.74, 6) is -1.05.